The summed E-state index contributed by atoms with van der Waals surface area (Å²) >= 11 is 0. The molecule has 0 spiro atoms. The van der Waals surface area contributed by atoms with E-state index in [9.17, 15) is 8.78 Å². The van der Waals surface area contributed by atoms with Crippen molar-refractivity contribution in [1.29, 1.82) is 0 Å². The third kappa shape index (κ3) is 2.60. The highest BCUT2D eigenvalue weighted by atomic mass is 19.1. The molecular weight excluding hydrogens is 214 g/mol. The van der Waals surface area contributed by atoms with Crippen LogP contribution >= 0.6 is 0 Å². The Morgan fingerprint density at radius 3 is 2.81 bits per heavy atom. The Kier molecular flexibility index (Phi) is 3.21. The Morgan fingerprint density at radius 2 is 2.12 bits per heavy atom. The van der Waals surface area contributed by atoms with Crippen molar-refractivity contribution < 1.29 is 8.78 Å². The standard InChI is InChI=1S/C10H10F2N4/c11-8-2-1-7(9(12)3-8)4-13-5-10-14-6-15-16-10/h1-3,6,13H,4-5H2,(H,14,15,16). The van der Waals surface area contributed by atoms with Crippen LogP contribution in [0.15, 0.2) is 24.5 Å². The molecule has 1 heterocycles. The van der Waals surface area contributed by atoms with Gasteiger partial charge in [0, 0.05) is 18.2 Å². The van der Waals surface area contributed by atoms with Crippen LogP contribution in [0, 0.1) is 11.6 Å². The fraction of sp³-hybridized carbons (Fsp3) is 0.200. The number of nitrogens with zero attached hydrogens (tertiary/aromatic N) is 2. The number of nitrogens with one attached hydrogen (secondary N) is 2. The first kappa shape index (κ1) is 10.7. The number of aromatic amines is 1. The van der Waals surface area contributed by atoms with Crippen molar-refractivity contribution in [3.63, 3.8) is 0 Å². The highest BCUT2D eigenvalue weighted by Gasteiger charge is 2.03. The average molecular weight is 224 g/mol. The van der Waals surface area contributed by atoms with Crippen molar-refractivity contribution in [3.05, 3.63) is 47.5 Å². The minimum Gasteiger partial charge on any atom is -0.306 e. The molecule has 2 N–H and O–H groups in total. The number of hydrogen-bond donors (Lipinski definition) is 2. The van der Waals surface area contributed by atoms with Gasteiger partial charge >= 0.3 is 0 Å². The summed E-state index contributed by atoms with van der Waals surface area (Å²) in [5.74, 6) is -0.455. The van der Waals surface area contributed by atoms with Crippen LogP contribution in [-0.4, -0.2) is 15.2 Å². The van der Waals surface area contributed by atoms with E-state index in [1.165, 1.54) is 18.5 Å². The third-order valence-electron chi connectivity index (χ3n) is 2.09. The molecule has 2 rings (SSSR count). The Labute approximate surface area is 90.7 Å². The molecule has 0 atom stereocenters. The van der Waals surface area contributed by atoms with Crippen molar-refractivity contribution in [3.8, 4) is 0 Å². The van der Waals surface area contributed by atoms with Crippen molar-refractivity contribution in [2.75, 3.05) is 0 Å². The van der Waals surface area contributed by atoms with Crippen molar-refractivity contribution >= 4 is 0 Å². The van der Waals surface area contributed by atoms with Gasteiger partial charge in [-0.05, 0) is 6.07 Å². The monoisotopic (exact) mass is 224 g/mol. The summed E-state index contributed by atoms with van der Waals surface area (Å²) in [7, 11) is 0. The minimum absolute atomic E-state index is 0.312. The average Bonchev–Trinajstić information content (AvgIpc) is 2.74. The van der Waals surface area contributed by atoms with Crippen LogP contribution in [0.3, 0.4) is 0 Å². The number of benzene rings is 1. The Bertz CT molecular complexity index is 456. The van der Waals surface area contributed by atoms with E-state index in [1.807, 2.05) is 0 Å². The Hall–Kier alpha value is -1.82. The second-order valence-electron chi connectivity index (χ2n) is 3.27. The molecule has 1 aromatic heterocycles. The topological polar surface area (TPSA) is 53.6 Å². The second-order valence-corrected chi connectivity index (χ2v) is 3.27. The Morgan fingerprint density at radius 1 is 1.25 bits per heavy atom. The molecule has 0 amide bonds. The number of halogens is 2. The molecule has 0 saturated heterocycles. The summed E-state index contributed by atoms with van der Waals surface area (Å²) < 4.78 is 25.8. The van der Waals surface area contributed by atoms with Gasteiger partial charge < -0.3 is 5.32 Å². The van der Waals surface area contributed by atoms with Crippen LogP contribution in [0.4, 0.5) is 8.78 Å². The number of H-pyrrole nitrogens is 1. The van der Waals surface area contributed by atoms with Gasteiger partial charge in [0.25, 0.3) is 0 Å². The largest absolute Gasteiger partial charge is 0.306 e. The summed E-state index contributed by atoms with van der Waals surface area (Å²) in [6.45, 7) is 0.767. The molecule has 0 radical (unpaired) electrons. The first-order chi connectivity index (χ1) is 7.75. The first-order valence-corrected chi connectivity index (χ1v) is 4.74. The van der Waals surface area contributed by atoms with Gasteiger partial charge in [0.05, 0.1) is 6.54 Å². The van der Waals surface area contributed by atoms with Crippen LogP contribution in [0.2, 0.25) is 0 Å². The number of rotatable bonds is 4. The van der Waals surface area contributed by atoms with Crippen LogP contribution in [-0.2, 0) is 13.1 Å². The number of hydrogen-bond acceptors (Lipinski definition) is 3. The molecule has 0 aliphatic rings. The van der Waals surface area contributed by atoms with E-state index in [-0.39, 0.29) is 0 Å². The van der Waals surface area contributed by atoms with Crippen molar-refractivity contribution in [2.24, 2.45) is 0 Å². The lowest BCUT2D eigenvalue weighted by Crippen LogP contribution is -2.14. The van der Waals surface area contributed by atoms with E-state index in [4.69, 9.17) is 0 Å². The SMILES string of the molecule is Fc1ccc(CNCc2ncn[nH]2)c(F)c1. The lowest BCUT2D eigenvalue weighted by atomic mass is 10.2. The first-order valence-electron chi connectivity index (χ1n) is 4.74. The van der Waals surface area contributed by atoms with Gasteiger partial charge in [-0.2, -0.15) is 5.10 Å². The van der Waals surface area contributed by atoms with Gasteiger partial charge in [0.15, 0.2) is 0 Å². The molecule has 1 aromatic carbocycles. The predicted molar refractivity (Wildman–Crippen MR) is 53.3 cm³/mol. The highest BCUT2D eigenvalue weighted by molar-refractivity contribution is 5.18. The van der Waals surface area contributed by atoms with Crippen LogP contribution in [0.1, 0.15) is 11.4 Å². The molecule has 0 fully saturated rings. The summed E-state index contributed by atoms with van der Waals surface area (Å²) in [6.07, 6.45) is 1.40. The zero-order valence-corrected chi connectivity index (χ0v) is 8.37. The molecule has 0 unspecified atom stereocenters. The van der Waals surface area contributed by atoms with Crippen LogP contribution in [0.5, 0.6) is 0 Å². The van der Waals surface area contributed by atoms with Gasteiger partial charge in [-0.3, -0.25) is 5.10 Å². The maximum atomic E-state index is 13.2. The molecule has 6 heteroatoms. The molecule has 0 aliphatic carbocycles. The summed E-state index contributed by atoms with van der Waals surface area (Å²) in [4.78, 5) is 3.90. The predicted octanol–water partition coefficient (Wildman–Crippen LogP) is 1.37. The van der Waals surface area contributed by atoms with Gasteiger partial charge in [0.1, 0.15) is 23.8 Å². The van der Waals surface area contributed by atoms with E-state index in [2.05, 4.69) is 20.5 Å². The summed E-state index contributed by atoms with van der Waals surface area (Å²) in [5.41, 5.74) is 0.418. The van der Waals surface area contributed by atoms with E-state index in [0.29, 0.717) is 24.5 Å². The third-order valence-corrected chi connectivity index (χ3v) is 2.09. The quantitative estimate of drug-likeness (QED) is 0.824. The molecule has 0 bridgehead atoms. The van der Waals surface area contributed by atoms with Crippen LogP contribution < -0.4 is 5.32 Å². The highest BCUT2D eigenvalue weighted by Crippen LogP contribution is 2.08. The molecule has 16 heavy (non-hydrogen) atoms. The van der Waals surface area contributed by atoms with Crippen LogP contribution in [0.25, 0.3) is 0 Å². The zero-order chi connectivity index (χ0) is 11.4. The molecule has 4 nitrogen and oxygen atoms in total. The fourth-order valence-electron chi connectivity index (χ4n) is 1.30. The minimum atomic E-state index is -0.573. The summed E-state index contributed by atoms with van der Waals surface area (Å²) in [6, 6.07) is 3.51. The molecule has 0 aliphatic heterocycles. The Balaban J connectivity index is 1.90. The van der Waals surface area contributed by atoms with E-state index >= 15 is 0 Å². The smallest absolute Gasteiger partial charge is 0.138 e. The van der Waals surface area contributed by atoms with E-state index in [1.54, 1.807) is 0 Å². The van der Waals surface area contributed by atoms with Gasteiger partial charge in [-0.1, -0.05) is 6.07 Å². The van der Waals surface area contributed by atoms with E-state index < -0.39 is 11.6 Å². The van der Waals surface area contributed by atoms with Gasteiger partial charge in [0.2, 0.25) is 0 Å². The second kappa shape index (κ2) is 4.80. The lowest BCUT2D eigenvalue weighted by molar-refractivity contribution is 0.558. The van der Waals surface area contributed by atoms with E-state index in [0.717, 1.165) is 6.07 Å². The molecule has 2 aromatic rings. The molecule has 0 saturated carbocycles. The maximum Gasteiger partial charge on any atom is 0.138 e. The number of aromatic nitrogens is 3. The van der Waals surface area contributed by atoms with Gasteiger partial charge in [-0.15, -0.1) is 0 Å². The fourth-order valence-corrected chi connectivity index (χ4v) is 1.30. The normalized spacial score (nSPS) is 10.6. The maximum absolute atomic E-state index is 13.2. The zero-order valence-electron chi connectivity index (χ0n) is 8.37. The molecule has 84 valence electrons. The van der Waals surface area contributed by atoms with Crippen molar-refractivity contribution in [1.82, 2.24) is 20.5 Å². The lowest BCUT2D eigenvalue weighted by Gasteiger charge is -2.04. The van der Waals surface area contributed by atoms with Crippen molar-refractivity contribution in [2.45, 2.75) is 13.1 Å². The van der Waals surface area contributed by atoms with Gasteiger partial charge in [-0.25, -0.2) is 13.8 Å². The molecular formula is C10H10F2N4. The summed E-state index contributed by atoms with van der Waals surface area (Å²) in [5, 5.41) is 9.32.